The first-order valence-electron chi connectivity index (χ1n) is 15.9. The number of para-hydroxylation sites is 1. The number of nitrogens with zero attached hydrogens (tertiary/aromatic N) is 4. The minimum Gasteiger partial charge on any atom is -0.466 e. The van der Waals surface area contributed by atoms with Crippen molar-refractivity contribution in [2.24, 2.45) is 11.3 Å². The lowest BCUT2D eigenvalue weighted by molar-refractivity contribution is -0.152. The normalized spacial score (nSPS) is 28.2. The van der Waals surface area contributed by atoms with Gasteiger partial charge in [0.05, 0.1) is 30.3 Å². The molecule has 1 amide bonds. The zero-order chi connectivity index (χ0) is 30.5. The molecule has 2 aliphatic heterocycles. The number of ketones is 1. The largest absolute Gasteiger partial charge is 0.466 e. The van der Waals surface area contributed by atoms with Gasteiger partial charge in [-0.3, -0.25) is 14.4 Å². The van der Waals surface area contributed by atoms with E-state index in [1.165, 1.54) is 0 Å². The van der Waals surface area contributed by atoms with Crippen molar-refractivity contribution in [1.82, 2.24) is 19.9 Å². The molecule has 3 aromatic rings. The van der Waals surface area contributed by atoms with Crippen LogP contribution in [-0.4, -0.2) is 62.8 Å². The molecule has 6 rings (SSSR count). The highest BCUT2D eigenvalue weighted by Gasteiger charge is 2.61. The molecule has 9 nitrogen and oxygen atoms in total. The van der Waals surface area contributed by atoms with Crippen LogP contribution in [0.5, 0.6) is 0 Å². The van der Waals surface area contributed by atoms with Gasteiger partial charge in [-0.25, -0.2) is 4.68 Å². The van der Waals surface area contributed by atoms with Crippen LogP contribution in [0.4, 0.5) is 5.69 Å². The monoisotopic (exact) mass is 595 g/mol. The molecule has 3 heterocycles. The highest BCUT2D eigenvalue weighted by atomic mass is 16.5. The van der Waals surface area contributed by atoms with E-state index in [-0.39, 0.29) is 42.6 Å². The number of fused-ring (bicyclic) bond motifs is 2. The maximum atomic E-state index is 14.4. The predicted molar refractivity (Wildman–Crippen MR) is 167 cm³/mol. The highest BCUT2D eigenvalue weighted by molar-refractivity contribution is 5.96. The third-order valence-electron chi connectivity index (χ3n) is 9.34. The Hall–Kier alpha value is -4.27. The van der Waals surface area contributed by atoms with Crippen LogP contribution < -0.4 is 5.32 Å². The van der Waals surface area contributed by atoms with Gasteiger partial charge in [0.1, 0.15) is 11.7 Å². The number of rotatable bonds is 6. The van der Waals surface area contributed by atoms with E-state index in [4.69, 9.17) is 4.74 Å². The maximum Gasteiger partial charge on any atom is 0.313 e. The number of hydrogen-bond donors (Lipinski definition) is 1. The number of anilines is 1. The number of aromatic nitrogens is 3. The number of allylic oxidation sites excluding steroid dienone is 2. The molecule has 1 aliphatic carbocycles. The highest BCUT2D eigenvalue weighted by Crippen LogP contribution is 2.57. The van der Waals surface area contributed by atoms with E-state index in [1.807, 2.05) is 66.9 Å². The molecule has 0 spiro atoms. The average Bonchev–Trinajstić information content (AvgIpc) is 3.36. The summed E-state index contributed by atoms with van der Waals surface area (Å²) in [7, 11) is 0. The summed E-state index contributed by atoms with van der Waals surface area (Å²) in [5.74, 6) is -0.523. The molecule has 2 fully saturated rings. The van der Waals surface area contributed by atoms with Gasteiger partial charge in [-0.15, -0.1) is 5.10 Å². The van der Waals surface area contributed by atoms with E-state index in [0.717, 1.165) is 42.6 Å². The van der Waals surface area contributed by atoms with Crippen LogP contribution in [0.2, 0.25) is 0 Å². The fourth-order valence-corrected chi connectivity index (χ4v) is 6.79. The van der Waals surface area contributed by atoms with Gasteiger partial charge in [0.25, 0.3) is 0 Å². The summed E-state index contributed by atoms with van der Waals surface area (Å²) in [5, 5.41) is 12.3. The molecule has 3 aliphatic rings. The first-order valence-corrected chi connectivity index (χ1v) is 15.9. The van der Waals surface area contributed by atoms with Crippen LogP contribution in [0, 0.1) is 11.3 Å². The minimum atomic E-state index is -0.855. The molecular formula is C35H41N5O4. The fourth-order valence-electron chi connectivity index (χ4n) is 6.79. The van der Waals surface area contributed by atoms with E-state index in [0.29, 0.717) is 25.8 Å². The number of Topliss-reactive ketones (excluding diaryl/α,β-unsaturated/α-hetero) is 1. The summed E-state index contributed by atoms with van der Waals surface area (Å²) in [6.45, 7) is 2.40. The van der Waals surface area contributed by atoms with Crippen molar-refractivity contribution < 1.29 is 19.1 Å². The summed E-state index contributed by atoms with van der Waals surface area (Å²) in [5.41, 5.74) is 1.71. The lowest BCUT2D eigenvalue weighted by Gasteiger charge is -2.30. The number of amides is 1. The second kappa shape index (κ2) is 13.2. The minimum absolute atomic E-state index is 0.0202. The lowest BCUT2D eigenvalue weighted by atomic mass is 9.91. The number of esters is 1. The molecule has 0 bridgehead atoms. The Kier molecular flexibility index (Phi) is 8.91. The topological polar surface area (TPSA) is 106 Å². The lowest BCUT2D eigenvalue weighted by Crippen LogP contribution is -2.48. The number of nitrogens with one attached hydrogen (secondary N) is 1. The third-order valence-corrected chi connectivity index (χ3v) is 9.34. The van der Waals surface area contributed by atoms with Crippen LogP contribution in [0.25, 0.3) is 11.3 Å². The van der Waals surface area contributed by atoms with Crippen molar-refractivity contribution in [2.45, 2.75) is 76.4 Å². The van der Waals surface area contributed by atoms with Crippen LogP contribution in [0.1, 0.15) is 64.3 Å². The van der Waals surface area contributed by atoms with E-state index in [2.05, 4.69) is 27.8 Å². The smallest absolute Gasteiger partial charge is 0.313 e. The number of carbonyl (C=O) groups is 3. The average molecular weight is 596 g/mol. The van der Waals surface area contributed by atoms with Gasteiger partial charge >= 0.3 is 5.97 Å². The number of carbonyl (C=O) groups excluding carboxylic acids is 3. The van der Waals surface area contributed by atoms with Crippen LogP contribution >= 0.6 is 0 Å². The Morgan fingerprint density at radius 3 is 2.59 bits per heavy atom. The first-order chi connectivity index (χ1) is 21.5. The molecule has 1 aromatic heterocycles. The predicted octanol–water partition coefficient (Wildman–Crippen LogP) is 5.62. The van der Waals surface area contributed by atoms with E-state index < -0.39 is 17.5 Å². The SMILES string of the molecule is CCOC(=O)[C@]12CC(=O)[C@@H]3C[C@@H](n4cc(-c5ccccc5)nn4)CN3C(=O)[C@@H](Nc3ccccc3)CCCCC/C=C\[C@@H]1C2. The Morgan fingerprint density at radius 2 is 1.82 bits per heavy atom. The van der Waals surface area contributed by atoms with Gasteiger partial charge < -0.3 is 15.0 Å². The first kappa shape index (κ1) is 29.8. The molecule has 5 atom stereocenters. The van der Waals surface area contributed by atoms with Crippen LogP contribution in [0.15, 0.2) is 79.0 Å². The van der Waals surface area contributed by atoms with E-state index >= 15 is 0 Å². The Balaban J connectivity index is 1.31. The van der Waals surface area contributed by atoms with E-state index in [9.17, 15) is 14.4 Å². The molecule has 1 N–H and O–H groups in total. The Morgan fingerprint density at radius 1 is 1.05 bits per heavy atom. The molecule has 0 radical (unpaired) electrons. The number of ether oxygens (including phenoxy) is 1. The van der Waals surface area contributed by atoms with Crippen LogP contribution in [0.3, 0.4) is 0 Å². The summed E-state index contributed by atoms with van der Waals surface area (Å²) in [4.78, 5) is 43.6. The standard InChI is InChI=1S/C35H41N5O4/c1-2-44-34(43)35-21-26(35)16-10-4-3-5-13-19-29(36-27-17-11-7-12-18-27)33(42)39-23-28(20-31(39)32(41)22-35)40-24-30(37-38-40)25-14-8-6-9-15-25/h6-12,14-18,24,26,28-29,31,36H,2-5,13,19-23H2,1H3/b16-10-/t26-,28-,29+,31+,35-/m1/s1. The van der Waals surface area contributed by atoms with Crippen LogP contribution in [-0.2, 0) is 19.1 Å². The molecule has 1 saturated heterocycles. The second-order valence-corrected chi connectivity index (χ2v) is 12.3. The zero-order valence-electron chi connectivity index (χ0n) is 25.3. The van der Waals surface area contributed by atoms with Gasteiger partial charge in [0, 0.05) is 24.2 Å². The van der Waals surface area contributed by atoms with Crippen molar-refractivity contribution >= 4 is 23.3 Å². The zero-order valence-corrected chi connectivity index (χ0v) is 25.3. The number of benzene rings is 2. The molecule has 9 heteroatoms. The molecule has 230 valence electrons. The van der Waals surface area contributed by atoms with Gasteiger partial charge in [-0.2, -0.15) is 0 Å². The third kappa shape index (κ3) is 6.32. The molecule has 44 heavy (non-hydrogen) atoms. The van der Waals surface area contributed by atoms with Gasteiger partial charge in [-0.1, -0.05) is 78.7 Å². The van der Waals surface area contributed by atoms with Crippen molar-refractivity contribution in [1.29, 1.82) is 0 Å². The fraction of sp³-hybridized carbons (Fsp3) is 0.457. The summed E-state index contributed by atoms with van der Waals surface area (Å²) in [6, 6.07) is 18.2. The number of hydrogen-bond acceptors (Lipinski definition) is 7. The van der Waals surface area contributed by atoms with Gasteiger partial charge in [-0.05, 0) is 57.1 Å². The van der Waals surface area contributed by atoms with Gasteiger partial charge in [0.2, 0.25) is 5.91 Å². The second-order valence-electron chi connectivity index (χ2n) is 12.3. The Bertz CT molecular complexity index is 1490. The molecule has 1 saturated carbocycles. The van der Waals surface area contributed by atoms with Crippen molar-refractivity contribution in [2.75, 3.05) is 18.5 Å². The summed E-state index contributed by atoms with van der Waals surface area (Å²) < 4.78 is 7.27. The molecular weight excluding hydrogens is 554 g/mol. The Labute approximate surface area is 258 Å². The molecule has 0 unspecified atom stereocenters. The quantitative estimate of drug-likeness (QED) is 0.291. The molecule has 2 aromatic carbocycles. The maximum absolute atomic E-state index is 14.4. The van der Waals surface area contributed by atoms with Crippen molar-refractivity contribution in [3.8, 4) is 11.3 Å². The van der Waals surface area contributed by atoms with Crippen molar-refractivity contribution in [3.63, 3.8) is 0 Å². The summed E-state index contributed by atoms with van der Waals surface area (Å²) in [6.07, 6.45) is 11.7. The van der Waals surface area contributed by atoms with Gasteiger partial charge in [0.15, 0.2) is 5.78 Å². The van der Waals surface area contributed by atoms with E-state index in [1.54, 1.807) is 16.5 Å². The summed E-state index contributed by atoms with van der Waals surface area (Å²) >= 11 is 0. The van der Waals surface area contributed by atoms with Crippen molar-refractivity contribution in [3.05, 3.63) is 79.0 Å².